The second kappa shape index (κ2) is 9.92. The summed E-state index contributed by atoms with van der Waals surface area (Å²) >= 11 is 0. The summed E-state index contributed by atoms with van der Waals surface area (Å²) in [4.78, 5) is 14.9. The molecule has 2 aromatic rings. The van der Waals surface area contributed by atoms with E-state index in [9.17, 15) is 4.79 Å². The van der Waals surface area contributed by atoms with Gasteiger partial charge in [-0.2, -0.15) is 0 Å². The van der Waals surface area contributed by atoms with Crippen LogP contribution in [-0.4, -0.2) is 41.6 Å². The fraction of sp³-hybridized carbons (Fsp3) is 0.542. The van der Waals surface area contributed by atoms with Gasteiger partial charge in [0, 0.05) is 35.7 Å². The summed E-state index contributed by atoms with van der Waals surface area (Å²) in [5.41, 5.74) is 6.13. The van der Waals surface area contributed by atoms with Gasteiger partial charge < -0.3 is 14.8 Å². The molecule has 0 aliphatic heterocycles. The van der Waals surface area contributed by atoms with Gasteiger partial charge in [-0.15, -0.1) is 0 Å². The van der Waals surface area contributed by atoms with Crippen molar-refractivity contribution in [3.8, 4) is 5.69 Å². The molecule has 0 saturated heterocycles. The Balaban J connectivity index is 1.61. The first kappa shape index (κ1) is 20.7. The highest BCUT2D eigenvalue weighted by molar-refractivity contribution is 5.94. The standard InChI is InChI=1S/C24H35N3O/c1-4-15-26(16-5-2)17-14-25-24(28)20-10-12-22(13-11-20)27-19(3)18-21-8-6-7-9-23(21)27/h10-13,18H,4-9,14-17H2,1-3H3,(H,25,28). The molecule has 0 atom stereocenters. The highest BCUT2D eigenvalue weighted by Gasteiger charge is 2.17. The third-order valence-electron chi connectivity index (χ3n) is 5.67. The zero-order valence-corrected chi connectivity index (χ0v) is 17.8. The predicted octanol–water partition coefficient (Wildman–Crippen LogP) is 4.52. The molecule has 4 nitrogen and oxygen atoms in total. The lowest BCUT2D eigenvalue weighted by molar-refractivity contribution is 0.0948. The molecule has 3 rings (SSSR count). The van der Waals surface area contributed by atoms with Crippen LogP contribution in [0, 0.1) is 6.92 Å². The van der Waals surface area contributed by atoms with Crippen molar-refractivity contribution < 1.29 is 4.79 Å². The normalized spacial score (nSPS) is 13.6. The van der Waals surface area contributed by atoms with Gasteiger partial charge in [0.05, 0.1) is 0 Å². The topological polar surface area (TPSA) is 37.3 Å². The minimum atomic E-state index is 0.0192. The van der Waals surface area contributed by atoms with Gasteiger partial charge >= 0.3 is 0 Å². The summed E-state index contributed by atoms with van der Waals surface area (Å²) in [6.07, 6.45) is 7.21. The lowest BCUT2D eigenvalue weighted by Crippen LogP contribution is -2.35. The van der Waals surface area contributed by atoms with Gasteiger partial charge in [-0.05, 0) is 94.4 Å². The molecule has 1 heterocycles. The second-order valence-electron chi connectivity index (χ2n) is 7.94. The zero-order valence-electron chi connectivity index (χ0n) is 17.8. The highest BCUT2D eigenvalue weighted by atomic mass is 16.1. The van der Waals surface area contributed by atoms with Crippen LogP contribution in [0.25, 0.3) is 5.69 Å². The maximum Gasteiger partial charge on any atom is 0.251 e. The molecule has 0 radical (unpaired) electrons. The van der Waals surface area contributed by atoms with Gasteiger partial charge in [0.2, 0.25) is 0 Å². The number of carbonyl (C=O) groups is 1. The van der Waals surface area contributed by atoms with Crippen LogP contribution in [0.2, 0.25) is 0 Å². The van der Waals surface area contributed by atoms with E-state index in [0.29, 0.717) is 6.54 Å². The van der Waals surface area contributed by atoms with Crippen LogP contribution in [-0.2, 0) is 12.8 Å². The number of aromatic nitrogens is 1. The van der Waals surface area contributed by atoms with Gasteiger partial charge in [0.15, 0.2) is 0 Å². The van der Waals surface area contributed by atoms with Gasteiger partial charge in [0.25, 0.3) is 5.91 Å². The molecule has 1 aromatic carbocycles. The summed E-state index contributed by atoms with van der Waals surface area (Å²) < 4.78 is 2.36. The molecule has 0 saturated carbocycles. The lowest BCUT2D eigenvalue weighted by Gasteiger charge is -2.21. The quantitative estimate of drug-likeness (QED) is 0.693. The molecule has 0 fully saturated rings. The number of nitrogens with one attached hydrogen (secondary N) is 1. The van der Waals surface area contributed by atoms with Crippen molar-refractivity contribution in [3.05, 3.63) is 52.8 Å². The van der Waals surface area contributed by atoms with E-state index in [4.69, 9.17) is 0 Å². The molecular weight excluding hydrogens is 346 g/mol. The number of fused-ring (bicyclic) bond motifs is 1. The van der Waals surface area contributed by atoms with E-state index in [0.717, 1.165) is 50.1 Å². The van der Waals surface area contributed by atoms with E-state index in [1.165, 1.54) is 36.2 Å². The minimum absolute atomic E-state index is 0.0192. The van der Waals surface area contributed by atoms with E-state index in [2.05, 4.69) is 53.8 Å². The number of nitrogens with zero attached hydrogens (tertiary/aromatic N) is 2. The van der Waals surface area contributed by atoms with E-state index < -0.39 is 0 Å². The molecule has 1 amide bonds. The SMILES string of the molecule is CCCN(CCC)CCNC(=O)c1ccc(-n2c(C)cc3c2CCCC3)cc1. The molecule has 4 heteroatoms. The second-order valence-corrected chi connectivity index (χ2v) is 7.94. The summed E-state index contributed by atoms with van der Waals surface area (Å²) in [5, 5.41) is 3.07. The summed E-state index contributed by atoms with van der Waals surface area (Å²) in [6, 6.07) is 10.4. The molecule has 1 N–H and O–H groups in total. The molecule has 1 aliphatic rings. The van der Waals surface area contributed by atoms with E-state index >= 15 is 0 Å². The van der Waals surface area contributed by atoms with Crippen molar-refractivity contribution in [2.24, 2.45) is 0 Å². The van der Waals surface area contributed by atoms with Crippen LogP contribution in [0.4, 0.5) is 0 Å². The van der Waals surface area contributed by atoms with Gasteiger partial charge in [0.1, 0.15) is 0 Å². The Morgan fingerprint density at radius 2 is 1.71 bits per heavy atom. The average Bonchev–Trinajstić information content (AvgIpc) is 3.04. The molecular formula is C24H35N3O. The van der Waals surface area contributed by atoms with Crippen molar-refractivity contribution in [1.29, 1.82) is 0 Å². The summed E-state index contributed by atoms with van der Waals surface area (Å²) in [5.74, 6) is 0.0192. The third-order valence-corrected chi connectivity index (χ3v) is 5.67. The van der Waals surface area contributed by atoms with Gasteiger partial charge in [-0.3, -0.25) is 4.79 Å². The van der Waals surface area contributed by atoms with Crippen molar-refractivity contribution in [3.63, 3.8) is 0 Å². The minimum Gasteiger partial charge on any atom is -0.351 e. The number of hydrogen-bond donors (Lipinski definition) is 1. The molecule has 0 unspecified atom stereocenters. The Hall–Kier alpha value is -2.07. The number of benzene rings is 1. The number of aryl methyl sites for hydroxylation is 2. The largest absolute Gasteiger partial charge is 0.351 e. The van der Waals surface area contributed by atoms with Crippen LogP contribution in [0.1, 0.15) is 66.8 Å². The first-order valence-corrected chi connectivity index (χ1v) is 10.9. The van der Waals surface area contributed by atoms with Crippen molar-refractivity contribution in [2.45, 2.75) is 59.3 Å². The Morgan fingerprint density at radius 1 is 1.04 bits per heavy atom. The van der Waals surface area contributed by atoms with E-state index in [-0.39, 0.29) is 5.91 Å². The average molecular weight is 382 g/mol. The Morgan fingerprint density at radius 3 is 2.39 bits per heavy atom. The first-order chi connectivity index (χ1) is 13.6. The Bertz CT molecular complexity index is 770. The molecule has 0 spiro atoms. The van der Waals surface area contributed by atoms with Crippen LogP contribution >= 0.6 is 0 Å². The van der Waals surface area contributed by atoms with Crippen LogP contribution in [0.3, 0.4) is 0 Å². The number of amides is 1. The smallest absolute Gasteiger partial charge is 0.251 e. The first-order valence-electron chi connectivity index (χ1n) is 10.9. The Labute approximate surface area is 169 Å². The van der Waals surface area contributed by atoms with E-state index in [1.54, 1.807) is 0 Å². The van der Waals surface area contributed by atoms with Crippen molar-refractivity contribution in [1.82, 2.24) is 14.8 Å². The molecule has 152 valence electrons. The van der Waals surface area contributed by atoms with Gasteiger partial charge in [-0.1, -0.05) is 13.8 Å². The van der Waals surface area contributed by atoms with Crippen molar-refractivity contribution in [2.75, 3.05) is 26.2 Å². The third kappa shape index (κ3) is 4.85. The summed E-state index contributed by atoms with van der Waals surface area (Å²) in [6.45, 7) is 10.4. The van der Waals surface area contributed by atoms with Crippen molar-refractivity contribution >= 4 is 5.91 Å². The number of carbonyl (C=O) groups excluding carboxylic acids is 1. The van der Waals surface area contributed by atoms with Crippen LogP contribution < -0.4 is 5.32 Å². The number of hydrogen-bond acceptors (Lipinski definition) is 2. The highest BCUT2D eigenvalue weighted by Crippen LogP contribution is 2.28. The maximum absolute atomic E-state index is 12.5. The monoisotopic (exact) mass is 381 g/mol. The Kier molecular flexibility index (Phi) is 7.32. The fourth-order valence-electron chi connectivity index (χ4n) is 4.37. The molecule has 0 bridgehead atoms. The maximum atomic E-state index is 12.5. The van der Waals surface area contributed by atoms with Gasteiger partial charge in [-0.25, -0.2) is 0 Å². The zero-order chi connectivity index (χ0) is 19.9. The van der Waals surface area contributed by atoms with E-state index in [1.807, 2.05) is 12.1 Å². The predicted molar refractivity (Wildman–Crippen MR) is 117 cm³/mol. The lowest BCUT2D eigenvalue weighted by atomic mass is 9.98. The van der Waals surface area contributed by atoms with Crippen LogP contribution in [0.15, 0.2) is 30.3 Å². The molecule has 28 heavy (non-hydrogen) atoms. The molecule has 1 aliphatic carbocycles. The fourth-order valence-corrected chi connectivity index (χ4v) is 4.37. The summed E-state index contributed by atoms with van der Waals surface area (Å²) in [7, 11) is 0. The number of rotatable bonds is 9. The van der Waals surface area contributed by atoms with Crippen LogP contribution in [0.5, 0.6) is 0 Å². The molecule has 1 aromatic heterocycles.